The summed E-state index contributed by atoms with van der Waals surface area (Å²) in [5, 5.41) is 7.27. The summed E-state index contributed by atoms with van der Waals surface area (Å²) in [7, 11) is 0. The first-order chi connectivity index (χ1) is 6.69. The molecule has 0 radical (unpaired) electrons. The van der Waals surface area contributed by atoms with Crippen LogP contribution in [0.2, 0.25) is 0 Å². The number of amidine groups is 1. The molecule has 0 saturated carbocycles. The second-order valence-corrected chi connectivity index (χ2v) is 3.13. The topological polar surface area (TPSA) is 53.1 Å². The van der Waals surface area contributed by atoms with Gasteiger partial charge in [0.25, 0.3) is 0 Å². The fourth-order valence-corrected chi connectivity index (χ4v) is 1.44. The van der Waals surface area contributed by atoms with Crippen LogP contribution in [0.15, 0.2) is 24.3 Å². The molecular weight excluding hydrogens is 210 g/mol. The van der Waals surface area contributed by atoms with Crippen molar-refractivity contribution >= 4 is 23.9 Å². The Morgan fingerprint density at radius 1 is 1.20 bits per heavy atom. The first kappa shape index (κ1) is 13.8. The van der Waals surface area contributed by atoms with Gasteiger partial charge in [-0.15, -0.1) is 12.4 Å². The highest BCUT2D eigenvalue weighted by molar-refractivity contribution is 5.95. The van der Waals surface area contributed by atoms with E-state index in [1.165, 1.54) is 5.69 Å². The van der Waals surface area contributed by atoms with Gasteiger partial charge in [0.15, 0.2) is 0 Å². The zero-order chi connectivity index (χ0) is 10.6. The van der Waals surface area contributed by atoms with E-state index in [1.54, 1.807) is 0 Å². The van der Waals surface area contributed by atoms with Crippen molar-refractivity contribution in [3.8, 4) is 0 Å². The first-order valence-electron chi connectivity index (χ1n) is 4.88. The van der Waals surface area contributed by atoms with Gasteiger partial charge in [-0.1, -0.05) is 0 Å². The molecule has 0 unspecified atom stereocenters. The molecule has 1 aromatic rings. The number of nitrogen functional groups attached to an aromatic ring is 1. The van der Waals surface area contributed by atoms with Crippen molar-refractivity contribution in [2.75, 3.05) is 18.0 Å². The second-order valence-electron chi connectivity index (χ2n) is 3.13. The third-order valence-corrected chi connectivity index (χ3v) is 2.31. The van der Waals surface area contributed by atoms with Crippen molar-refractivity contribution in [1.82, 2.24) is 0 Å². The van der Waals surface area contributed by atoms with E-state index < -0.39 is 0 Å². The minimum absolute atomic E-state index is 0. The van der Waals surface area contributed by atoms with E-state index in [9.17, 15) is 0 Å². The first-order valence-corrected chi connectivity index (χ1v) is 4.88. The second kappa shape index (κ2) is 6.30. The largest absolute Gasteiger partial charge is 0.384 e. The monoisotopic (exact) mass is 227 g/mol. The van der Waals surface area contributed by atoms with Crippen LogP contribution < -0.4 is 10.6 Å². The van der Waals surface area contributed by atoms with Gasteiger partial charge in [-0.3, -0.25) is 5.41 Å². The molecule has 3 nitrogen and oxygen atoms in total. The molecule has 0 heterocycles. The third-order valence-electron chi connectivity index (χ3n) is 2.31. The molecule has 0 aliphatic carbocycles. The number of halogens is 1. The highest BCUT2D eigenvalue weighted by atomic mass is 35.5. The number of hydrogen-bond donors (Lipinski definition) is 2. The SMILES string of the molecule is CCN(CC)c1ccc(C(=N)N)cc1.Cl. The smallest absolute Gasteiger partial charge is 0.122 e. The van der Waals surface area contributed by atoms with Crippen LogP contribution in [0.1, 0.15) is 19.4 Å². The Morgan fingerprint density at radius 2 is 1.67 bits per heavy atom. The van der Waals surface area contributed by atoms with Crippen LogP contribution >= 0.6 is 12.4 Å². The highest BCUT2D eigenvalue weighted by Gasteiger charge is 2.01. The van der Waals surface area contributed by atoms with Crippen LogP contribution in [0, 0.1) is 5.41 Å². The molecule has 4 heteroatoms. The lowest BCUT2D eigenvalue weighted by Crippen LogP contribution is -2.21. The molecule has 1 aromatic carbocycles. The number of nitrogens with one attached hydrogen (secondary N) is 1. The molecule has 0 aliphatic rings. The van der Waals surface area contributed by atoms with E-state index in [1.807, 2.05) is 24.3 Å². The number of nitrogens with zero attached hydrogens (tertiary/aromatic N) is 1. The van der Waals surface area contributed by atoms with Gasteiger partial charge >= 0.3 is 0 Å². The van der Waals surface area contributed by atoms with Crippen LogP contribution in [-0.2, 0) is 0 Å². The van der Waals surface area contributed by atoms with E-state index in [2.05, 4.69) is 18.7 Å². The molecule has 0 atom stereocenters. The van der Waals surface area contributed by atoms with Gasteiger partial charge in [-0.05, 0) is 38.1 Å². The minimum Gasteiger partial charge on any atom is -0.384 e. The molecule has 3 N–H and O–H groups in total. The Bertz CT molecular complexity index is 304. The van der Waals surface area contributed by atoms with Gasteiger partial charge < -0.3 is 10.6 Å². The van der Waals surface area contributed by atoms with E-state index in [0.717, 1.165) is 18.7 Å². The predicted octanol–water partition coefficient (Wildman–Crippen LogP) is 2.24. The molecule has 0 bridgehead atoms. The van der Waals surface area contributed by atoms with E-state index in [0.29, 0.717) is 0 Å². The molecular formula is C11H18ClN3. The quantitative estimate of drug-likeness (QED) is 0.612. The van der Waals surface area contributed by atoms with E-state index in [-0.39, 0.29) is 18.2 Å². The number of rotatable bonds is 4. The molecule has 0 spiro atoms. The van der Waals surface area contributed by atoms with Crippen LogP contribution in [0.25, 0.3) is 0 Å². The Labute approximate surface area is 97.2 Å². The van der Waals surface area contributed by atoms with E-state index >= 15 is 0 Å². The number of benzene rings is 1. The summed E-state index contributed by atoms with van der Waals surface area (Å²) in [6, 6.07) is 7.78. The normalized spacial score (nSPS) is 9.20. The number of hydrogen-bond acceptors (Lipinski definition) is 2. The maximum atomic E-state index is 7.27. The van der Waals surface area contributed by atoms with Gasteiger partial charge in [0.2, 0.25) is 0 Å². The maximum Gasteiger partial charge on any atom is 0.122 e. The highest BCUT2D eigenvalue weighted by Crippen LogP contribution is 2.14. The van der Waals surface area contributed by atoms with Gasteiger partial charge in [-0.25, -0.2) is 0 Å². The standard InChI is InChI=1S/C11H17N3.ClH/c1-3-14(4-2)10-7-5-9(6-8-10)11(12)13;/h5-8H,3-4H2,1-2H3,(H3,12,13);1H. The molecule has 1 rings (SSSR count). The average Bonchev–Trinajstić information content (AvgIpc) is 2.20. The van der Waals surface area contributed by atoms with E-state index in [4.69, 9.17) is 11.1 Å². The lowest BCUT2D eigenvalue weighted by Gasteiger charge is -2.20. The molecule has 84 valence electrons. The van der Waals surface area contributed by atoms with Crippen molar-refractivity contribution in [2.24, 2.45) is 5.73 Å². The molecule has 0 fully saturated rings. The average molecular weight is 228 g/mol. The molecule has 15 heavy (non-hydrogen) atoms. The van der Waals surface area contributed by atoms with Crippen LogP contribution in [-0.4, -0.2) is 18.9 Å². The summed E-state index contributed by atoms with van der Waals surface area (Å²) >= 11 is 0. The minimum atomic E-state index is 0. The van der Waals surface area contributed by atoms with Crippen molar-refractivity contribution in [2.45, 2.75) is 13.8 Å². The predicted molar refractivity (Wildman–Crippen MR) is 68.3 cm³/mol. The Morgan fingerprint density at radius 3 is 2.00 bits per heavy atom. The fourth-order valence-electron chi connectivity index (χ4n) is 1.44. The summed E-state index contributed by atoms with van der Waals surface area (Å²) in [6.45, 7) is 6.25. The van der Waals surface area contributed by atoms with Crippen molar-refractivity contribution < 1.29 is 0 Å². The summed E-state index contributed by atoms with van der Waals surface area (Å²) in [5.41, 5.74) is 7.33. The number of nitrogens with two attached hydrogens (primary N) is 1. The molecule has 0 amide bonds. The van der Waals surface area contributed by atoms with Crippen molar-refractivity contribution in [3.05, 3.63) is 29.8 Å². The fraction of sp³-hybridized carbons (Fsp3) is 0.364. The summed E-state index contributed by atoms with van der Waals surface area (Å²) < 4.78 is 0. The van der Waals surface area contributed by atoms with Gasteiger partial charge in [0.05, 0.1) is 0 Å². The van der Waals surface area contributed by atoms with Gasteiger partial charge in [0.1, 0.15) is 5.84 Å². The van der Waals surface area contributed by atoms with Crippen molar-refractivity contribution in [3.63, 3.8) is 0 Å². The zero-order valence-corrected chi connectivity index (χ0v) is 9.97. The number of anilines is 1. The lowest BCUT2D eigenvalue weighted by atomic mass is 10.2. The summed E-state index contributed by atoms with van der Waals surface area (Å²) in [6.07, 6.45) is 0. The maximum absolute atomic E-state index is 7.27. The lowest BCUT2D eigenvalue weighted by molar-refractivity contribution is 0.866. The Hall–Kier alpha value is -1.22. The van der Waals surface area contributed by atoms with Crippen molar-refractivity contribution in [1.29, 1.82) is 5.41 Å². The Balaban J connectivity index is 0.00000196. The van der Waals surface area contributed by atoms with Crippen LogP contribution in [0.4, 0.5) is 5.69 Å². The Kier molecular flexibility index (Phi) is 5.79. The molecule has 0 aliphatic heterocycles. The van der Waals surface area contributed by atoms with Gasteiger partial charge in [0, 0.05) is 24.3 Å². The summed E-state index contributed by atoms with van der Waals surface area (Å²) in [4.78, 5) is 2.25. The van der Waals surface area contributed by atoms with Crippen LogP contribution in [0.3, 0.4) is 0 Å². The molecule has 0 saturated heterocycles. The molecule has 0 aromatic heterocycles. The van der Waals surface area contributed by atoms with Crippen LogP contribution in [0.5, 0.6) is 0 Å². The zero-order valence-electron chi connectivity index (χ0n) is 9.16. The third kappa shape index (κ3) is 3.44. The van der Waals surface area contributed by atoms with Gasteiger partial charge in [-0.2, -0.15) is 0 Å². The summed E-state index contributed by atoms with van der Waals surface area (Å²) in [5.74, 6) is 0.121.